The molecule has 0 aliphatic carbocycles. The molecule has 1 fully saturated rings. The van der Waals surface area contributed by atoms with E-state index in [1.165, 1.54) is 0 Å². The minimum Gasteiger partial charge on any atom is -0.497 e. The Balaban J connectivity index is 1.74. The second-order valence-corrected chi connectivity index (χ2v) is 7.50. The van der Waals surface area contributed by atoms with Gasteiger partial charge in [-0.15, -0.1) is 0 Å². The third-order valence-electron chi connectivity index (χ3n) is 5.86. The van der Waals surface area contributed by atoms with Crippen molar-refractivity contribution in [3.8, 4) is 17.2 Å². The van der Waals surface area contributed by atoms with Gasteiger partial charge in [0.1, 0.15) is 5.75 Å². The molecule has 30 heavy (non-hydrogen) atoms. The van der Waals surface area contributed by atoms with Crippen molar-refractivity contribution in [1.82, 2.24) is 4.90 Å². The van der Waals surface area contributed by atoms with Crippen LogP contribution in [0.15, 0.2) is 42.5 Å². The lowest BCUT2D eigenvalue weighted by molar-refractivity contribution is -0.149. The van der Waals surface area contributed by atoms with Crippen molar-refractivity contribution < 1.29 is 23.7 Å². The van der Waals surface area contributed by atoms with Crippen molar-refractivity contribution >= 4 is 5.97 Å². The molecule has 2 aliphatic heterocycles. The van der Waals surface area contributed by atoms with E-state index in [9.17, 15) is 4.79 Å². The van der Waals surface area contributed by atoms with Gasteiger partial charge in [0.15, 0.2) is 11.5 Å². The molecule has 0 radical (unpaired) electrons. The molecule has 3 atom stereocenters. The Bertz CT molecular complexity index is 886. The number of rotatable bonds is 7. The van der Waals surface area contributed by atoms with Crippen LogP contribution in [0.5, 0.6) is 17.2 Å². The lowest BCUT2D eigenvalue weighted by Gasteiger charge is -2.28. The maximum absolute atomic E-state index is 13.2. The highest BCUT2D eigenvalue weighted by molar-refractivity contribution is 5.76. The summed E-state index contributed by atoms with van der Waals surface area (Å²) in [6.07, 6.45) is 0. The summed E-state index contributed by atoms with van der Waals surface area (Å²) in [5.41, 5.74) is 8.00. The molecule has 2 aliphatic rings. The average Bonchev–Trinajstić information content (AvgIpc) is 3.38. The molecule has 0 bridgehead atoms. The number of hydrogen-bond donors (Lipinski definition) is 1. The van der Waals surface area contributed by atoms with Crippen LogP contribution in [0.3, 0.4) is 0 Å². The summed E-state index contributed by atoms with van der Waals surface area (Å²) < 4.78 is 21.8. The molecule has 160 valence electrons. The molecular weight excluding hydrogens is 384 g/mol. The second kappa shape index (κ2) is 8.93. The van der Waals surface area contributed by atoms with Crippen LogP contribution in [0, 0.1) is 5.92 Å². The van der Waals surface area contributed by atoms with Crippen molar-refractivity contribution in [3.63, 3.8) is 0 Å². The molecule has 4 rings (SSSR count). The summed E-state index contributed by atoms with van der Waals surface area (Å²) in [6.45, 7) is 4.30. The van der Waals surface area contributed by atoms with Gasteiger partial charge in [-0.3, -0.25) is 9.69 Å². The van der Waals surface area contributed by atoms with Crippen LogP contribution >= 0.6 is 0 Å². The van der Waals surface area contributed by atoms with Crippen molar-refractivity contribution in [2.24, 2.45) is 11.7 Å². The zero-order valence-corrected chi connectivity index (χ0v) is 17.4. The van der Waals surface area contributed by atoms with E-state index in [1.54, 1.807) is 7.11 Å². The summed E-state index contributed by atoms with van der Waals surface area (Å²) in [7, 11) is 1.64. The highest BCUT2D eigenvalue weighted by Gasteiger charge is 2.47. The van der Waals surface area contributed by atoms with E-state index >= 15 is 0 Å². The maximum atomic E-state index is 13.2. The molecule has 0 unspecified atom stereocenters. The highest BCUT2D eigenvalue weighted by atomic mass is 16.7. The van der Waals surface area contributed by atoms with Gasteiger partial charge in [0, 0.05) is 31.6 Å². The number of fused-ring (bicyclic) bond motifs is 1. The van der Waals surface area contributed by atoms with E-state index in [2.05, 4.69) is 4.90 Å². The van der Waals surface area contributed by atoms with Crippen LogP contribution in [0.25, 0.3) is 0 Å². The molecule has 2 aromatic carbocycles. The molecule has 0 amide bonds. The number of carbonyl (C=O) groups is 1. The molecule has 1 saturated heterocycles. The number of likely N-dealkylation sites (tertiary alicyclic amines) is 1. The normalized spacial score (nSPS) is 22.8. The minimum absolute atomic E-state index is 0.0443. The Labute approximate surface area is 176 Å². The predicted molar refractivity (Wildman–Crippen MR) is 112 cm³/mol. The quantitative estimate of drug-likeness (QED) is 0.700. The fourth-order valence-corrected chi connectivity index (χ4v) is 4.53. The molecule has 7 nitrogen and oxygen atoms in total. The van der Waals surface area contributed by atoms with Gasteiger partial charge in [-0.1, -0.05) is 18.2 Å². The minimum atomic E-state index is -0.356. The number of carbonyl (C=O) groups excluding carboxylic acids is 1. The first-order valence-electron chi connectivity index (χ1n) is 10.3. The summed E-state index contributed by atoms with van der Waals surface area (Å²) in [4.78, 5) is 15.4. The van der Waals surface area contributed by atoms with Gasteiger partial charge in [0.2, 0.25) is 6.79 Å². The summed E-state index contributed by atoms with van der Waals surface area (Å²) in [5, 5.41) is 0. The van der Waals surface area contributed by atoms with Crippen LogP contribution in [-0.2, 0) is 9.53 Å². The molecule has 2 N–H and O–H groups in total. The van der Waals surface area contributed by atoms with E-state index in [0.29, 0.717) is 32.0 Å². The number of methoxy groups -OCH3 is 1. The number of benzene rings is 2. The maximum Gasteiger partial charge on any atom is 0.311 e. The first-order valence-corrected chi connectivity index (χ1v) is 10.3. The van der Waals surface area contributed by atoms with Gasteiger partial charge in [-0.25, -0.2) is 0 Å². The van der Waals surface area contributed by atoms with E-state index in [4.69, 9.17) is 24.7 Å². The van der Waals surface area contributed by atoms with Crippen molar-refractivity contribution in [2.75, 3.05) is 40.1 Å². The predicted octanol–water partition coefficient (Wildman–Crippen LogP) is 2.70. The monoisotopic (exact) mass is 412 g/mol. The zero-order chi connectivity index (χ0) is 21.1. The number of esters is 1. The molecule has 0 spiro atoms. The molecule has 0 aromatic heterocycles. The summed E-state index contributed by atoms with van der Waals surface area (Å²) in [6, 6.07) is 13.7. The molecule has 7 heteroatoms. The summed E-state index contributed by atoms with van der Waals surface area (Å²) in [5.74, 6) is 1.63. The Morgan fingerprint density at radius 3 is 2.57 bits per heavy atom. The molecule has 2 heterocycles. The largest absolute Gasteiger partial charge is 0.497 e. The average molecular weight is 412 g/mol. The van der Waals surface area contributed by atoms with Crippen LogP contribution < -0.4 is 19.9 Å². The number of ether oxygens (including phenoxy) is 4. The van der Waals surface area contributed by atoms with Gasteiger partial charge in [0.25, 0.3) is 0 Å². The third-order valence-corrected chi connectivity index (χ3v) is 5.86. The molecular formula is C23H28N2O5. The van der Waals surface area contributed by atoms with Gasteiger partial charge in [-0.2, -0.15) is 0 Å². The topological polar surface area (TPSA) is 83.3 Å². The smallest absolute Gasteiger partial charge is 0.311 e. The Hall–Kier alpha value is -2.77. The van der Waals surface area contributed by atoms with Gasteiger partial charge in [0.05, 0.1) is 19.6 Å². The standard InChI is InChI=1S/C23H28N2O5/c1-3-28-23(26)21-18(16-6-9-19-20(12-16)30-14-29-19)13-25(11-10-24)22(21)15-4-7-17(27-2)8-5-15/h4-9,12,18,21-22H,3,10-11,13-14,24H2,1-2H3/t18-,21+,22-/m1/s1. The fraction of sp³-hybridized carbons (Fsp3) is 0.435. The van der Waals surface area contributed by atoms with E-state index in [-0.39, 0.29) is 30.6 Å². The van der Waals surface area contributed by atoms with Crippen LogP contribution in [0.4, 0.5) is 0 Å². The highest BCUT2D eigenvalue weighted by Crippen LogP contribution is 2.48. The Morgan fingerprint density at radius 2 is 1.87 bits per heavy atom. The number of nitrogens with zero attached hydrogens (tertiary/aromatic N) is 1. The van der Waals surface area contributed by atoms with Gasteiger partial charge < -0.3 is 24.7 Å². The van der Waals surface area contributed by atoms with Gasteiger partial charge >= 0.3 is 5.97 Å². The lowest BCUT2D eigenvalue weighted by atomic mass is 9.82. The first-order chi connectivity index (χ1) is 14.7. The Morgan fingerprint density at radius 1 is 1.13 bits per heavy atom. The van der Waals surface area contributed by atoms with Crippen LogP contribution in [-0.4, -0.2) is 51.0 Å². The molecule has 2 aromatic rings. The van der Waals surface area contributed by atoms with E-state index < -0.39 is 0 Å². The second-order valence-electron chi connectivity index (χ2n) is 7.50. The Kier molecular flexibility index (Phi) is 6.11. The fourth-order valence-electron chi connectivity index (χ4n) is 4.53. The zero-order valence-electron chi connectivity index (χ0n) is 17.4. The van der Waals surface area contributed by atoms with E-state index in [0.717, 1.165) is 22.6 Å². The number of hydrogen-bond acceptors (Lipinski definition) is 7. The third kappa shape index (κ3) is 3.82. The lowest BCUT2D eigenvalue weighted by Crippen LogP contribution is -2.33. The van der Waals surface area contributed by atoms with Crippen LogP contribution in [0.2, 0.25) is 0 Å². The summed E-state index contributed by atoms with van der Waals surface area (Å²) >= 11 is 0. The first kappa shape index (κ1) is 20.5. The van der Waals surface area contributed by atoms with Crippen molar-refractivity contribution in [1.29, 1.82) is 0 Å². The van der Waals surface area contributed by atoms with Crippen LogP contribution in [0.1, 0.15) is 30.0 Å². The van der Waals surface area contributed by atoms with Crippen molar-refractivity contribution in [3.05, 3.63) is 53.6 Å². The van der Waals surface area contributed by atoms with E-state index in [1.807, 2.05) is 49.4 Å². The molecule has 0 saturated carbocycles. The van der Waals surface area contributed by atoms with Gasteiger partial charge in [-0.05, 0) is 42.3 Å². The number of nitrogens with two attached hydrogens (primary N) is 1. The van der Waals surface area contributed by atoms with Crippen molar-refractivity contribution in [2.45, 2.75) is 18.9 Å². The SMILES string of the molecule is CCOC(=O)[C@H]1[C@@H](c2ccc3c(c2)OCO3)CN(CCN)[C@@H]1c1ccc(OC)cc1.